The van der Waals surface area contributed by atoms with E-state index in [0.29, 0.717) is 6.54 Å². The van der Waals surface area contributed by atoms with Crippen LogP contribution in [0.4, 0.5) is 0 Å². The number of aryl methyl sites for hydroxylation is 1. The SMILES string of the molecule is Cc1cc(-c2cnc(-c3ccc(CN)cc3)s2)ccc1S. The average molecular weight is 312 g/mol. The fourth-order valence-electron chi connectivity index (χ4n) is 2.13. The average Bonchev–Trinajstić information content (AvgIpc) is 3.00. The highest BCUT2D eigenvalue weighted by Gasteiger charge is 2.07. The second-order valence-corrected chi connectivity index (χ2v) is 6.44. The van der Waals surface area contributed by atoms with Crippen LogP contribution in [0.1, 0.15) is 11.1 Å². The Hall–Kier alpha value is -1.62. The number of benzene rings is 2. The number of thiol groups is 1. The van der Waals surface area contributed by atoms with E-state index in [0.717, 1.165) is 21.0 Å². The van der Waals surface area contributed by atoms with Gasteiger partial charge in [0, 0.05) is 23.2 Å². The van der Waals surface area contributed by atoms with Gasteiger partial charge in [-0.15, -0.1) is 24.0 Å². The second kappa shape index (κ2) is 6.02. The molecule has 0 saturated heterocycles. The third kappa shape index (κ3) is 3.02. The number of hydrogen-bond donors (Lipinski definition) is 2. The first-order valence-corrected chi connectivity index (χ1v) is 7.99. The van der Waals surface area contributed by atoms with E-state index in [-0.39, 0.29) is 0 Å². The number of rotatable bonds is 3. The molecule has 2 nitrogen and oxygen atoms in total. The molecule has 0 radical (unpaired) electrons. The summed E-state index contributed by atoms with van der Waals surface area (Å²) in [6.07, 6.45) is 1.93. The van der Waals surface area contributed by atoms with Crippen LogP contribution in [0.25, 0.3) is 21.0 Å². The van der Waals surface area contributed by atoms with E-state index in [9.17, 15) is 0 Å². The maximum atomic E-state index is 5.63. The van der Waals surface area contributed by atoms with Crippen LogP contribution in [-0.4, -0.2) is 4.98 Å². The Morgan fingerprint density at radius 3 is 2.48 bits per heavy atom. The summed E-state index contributed by atoms with van der Waals surface area (Å²) in [7, 11) is 0. The van der Waals surface area contributed by atoms with E-state index in [2.05, 4.69) is 60.9 Å². The van der Waals surface area contributed by atoms with E-state index < -0.39 is 0 Å². The lowest BCUT2D eigenvalue weighted by atomic mass is 10.1. The van der Waals surface area contributed by atoms with Gasteiger partial charge >= 0.3 is 0 Å². The molecule has 0 aliphatic carbocycles. The molecule has 0 amide bonds. The van der Waals surface area contributed by atoms with Crippen molar-refractivity contribution in [2.45, 2.75) is 18.4 Å². The van der Waals surface area contributed by atoms with Gasteiger partial charge in [0.15, 0.2) is 0 Å². The highest BCUT2D eigenvalue weighted by Crippen LogP contribution is 2.33. The minimum absolute atomic E-state index is 0.568. The number of hydrogen-bond acceptors (Lipinski definition) is 4. The lowest BCUT2D eigenvalue weighted by Crippen LogP contribution is -1.94. The molecule has 3 rings (SSSR count). The molecule has 4 heteroatoms. The third-order valence-electron chi connectivity index (χ3n) is 3.42. The standard InChI is InChI=1S/C17H16N2S2/c1-11-8-14(6-7-15(11)20)16-10-19-17(21-16)13-4-2-12(9-18)3-5-13/h2-8,10,20H,9,18H2,1H3. The molecular formula is C17H16N2S2. The quantitative estimate of drug-likeness (QED) is 0.697. The summed E-state index contributed by atoms with van der Waals surface area (Å²) in [6, 6.07) is 14.5. The summed E-state index contributed by atoms with van der Waals surface area (Å²) >= 11 is 6.12. The molecule has 3 aromatic rings. The predicted octanol–water partition coefficient (Wildman–Crippen LogP) is 4.53. The molecular weight excluding hydrogens is 296 g/mol. The summed E-state index contributed by atoms with van der Waals surface area (Å²) in [4.78, 5) is 6.72. The molecule has 0 bridgehead atoms. The van der Waals surface area contributed by atoms with Crippen molar-refractivity contribution in [3.63, 3.8) is 0 Å². The van der Waals surface area contributed by atoms with Crippen LogP contribution in [0.5, 0.6) is 0 Å². The Morgan fingerprint density at radius 2 is 1.81 bits per heavy atom. The molecule has 0 atom stereocenters. The van der Waals surface area contributed by atoms with Gasteiger partial charge in [-0.3, -0.25) is 0 Å². The molecule has 1 aromatic heterocycles. The van der Waals surface area contributed by atoms with Crippen molar-refractivity contribution in [3.05, 3.63) is 59.8 Å². The molecule has 0 spiro atoms. The van der Waals surface area contributed by atoms with Gasteiger partial charge in [-0.05, 0) is 35.7 Å². The van der Waals surface area contributed by atoms with Crippen molar-refractivity contribution < 1.29 is 0 Å². The molecule has 21 heavy (non-hydrogen) atoms. The Kier molecular flexibility index (Phi) is 4.10. The Morgan fingerprint density at radius 1 is 1.10 bits per heavy atom. The van der Waals surface area contributed by atoms with Crippen molar-refractivity contribution in [1.82, 2.24) is 4.98 Å². The highest BCUT2D eigenvalue weighted by molar-refractivity contribution is 7.80. The van der Waals surface area contributed by atoms with E-state index in [1.165, 1.54) is 16.0 Å². The van der Waals surface area contributed by atoms with Gasteiger partial charge in [-0.25, -0.2) is 4.98 Å². The van der Waals surface area contributed by atoms with Crippen LogP contribution in [0, 0.1) is 6.92 Å². The third-order valence-corrected chi connectivity index (χ3v) is 5.02. The molecule has 2 N–H and O–H groups in total. The van der Waals surface area contributed by atoms with Gasteiger partial charge < -0.3 is 5.73 Å². The predicted molar refractivity (Wildman–Crippen MR) is 92.9 cm³/mol. The zero-order valence-corrected chi connectivity index (χ0v) is 13.4. The minimum Gasteiger partial charge on any atom is -0.326 e. The Bertz CT molecular complexity index is 761. The summed E-state index contributed by atoms with van der Waals surface area (Å²) in [5.74, 6) is 0. The molecule has 0 unspecified atom stereocenters. The van der Waals surface area contributed by atoms with Crippen LogP contribution in [0.2, 0.25) is 0 Å². The summed E-state index contributed by atoms with van der Waals surface area (Å²) in [6.45, 7) is 2.64. The Balaban J connectivity index is 1.93. The van der Waals surface area contributed by atoms with Gasteiger partial charge in [0.05, 0.1) is 4.88 Å². The maximum Gasteiger partial charge on any atom is 0.123 e. The van der Waals surface area contributed by atoms with Gasteiger partial charge in [-0.2, -0.15) is 0 Å². The Labute approximate surface area is 134 Å². The van der Waals surface area contributed by atoms with E-state index in [1.807, 2.05) is 12.3 Å². The largest absolute Gasteiger partial charge is 0.326 e. The lowest BCUT2D eigenvalue weighted by Gasteiger charge is -2.02. The van der Waals surface area contributed by atoms with E-state index >= 15 is 0 Å². The number of aromatic nitrogens is 1. The smallest absolute Gasteiger partial charge is 0.123 e. The van der Waals surface area contributed by atoms with Crippen molar-refractivity contribution >= 4 is 24.0 Å². The van der Waals surface area contributed by atoms with Crippen molar-refractivity contribution in [1.29, 1.82) is 0 Å². The molecule has 106 valence electrons. The van der Waals surface area contributed by atoms with Crippen LogP contribution < -0.4 is 5.73 Å². The highest BCUT2D eigenvalue weighted by atomic mass is 32.1. The van der Waals surface area contributed by atoms with E-state index in [1.54, 1.807) is 11.3 Å². The van der Waals surface area contributed by atoms with Gasteiger partial charge in [0.25, 0.3) is 0 Å². The topological polar surface area (TPSA) is 38.9 Å². The fraction of sp³-hybridized carbons (Fsp3) is 0.118. The zero-order chi connectivity index (χ0) is 14.8. The van der Waals surface area contributed by atoms with Crippen molar-refractivity contribution in [3.8, 4) is 21.0 Å². The van der Waals surface area contributed by atoms with Gasteiger partial charge in [0.2, 0.25) is 0 Å². The van der Waals surface area contributed by atoms with E-state index in [4.69, 9.17) is 5.73 Å². The van der Waals surface area contributed by atoms with Gasteiger partial charge in [-0.1, -0.05) is 30.3 Å². The molecule has 1 heterocycles. The monoisotopic (exact) mass is 312 g/mol. The minimum atomic E-state index is 0.568. The summed E-state index contributed by atoms with van der Waals surface area (Å²) < 4.78 is 0. The number of thiazole rings is 1. The number of nitrogens with zero attached hydrogens (tertiary/aromatic N) is 1. The van der Waals surface area contributed by atoms with Crippen molar-refractivity contribution in [2.24, 2.45) is 5.73 Å². The number of nitrogens with two attached hydrogens (primary N) is 1. The zero-order valence-electron chi connectivity index (χ0n) is 11.7. The molecule has 0 saturated carbocycles. The molecule has 0 aliphatic heterocycles. The van der Waals surface area contributed by atoms with Crippen LogP contribution >= 0.6 is 24.0 Å². The molecule has 2 aromatic carbocycles. The molecule has 0 aliphatic rings. The first-order valence-electron chi connectivity index (χ1n) is 6.72. The van der Waals surface area contributed by atoms with Crippen LogP contribution in [0.15, 0.2) is 53.6 Å². The second-order valence-electron chi connectivity index (χ2n) is 4.93. The lowest BCUT2D eigenvalue weighted by molar-refractivity contribution is 1.07. The van der Waals surface area contributed by atoms with Gasteiger partial charge in [0.1, 0.15) is 5.01 Å². The first-order chi connectivity index (χ1) is 10.2. The molecule has 0 fully saturated rings. The summed E-state index contributed by atoms with van der Waals surface area (Å²) in [5, 5.41) is 1.03. The normalized spacial score (nSPS) is 10.8. The van der Waals surface area contributed by atoms with Crippen LogP contribution in [0.3, 0.4) is 0 Å². The summed E-state index contributed by atoms with van der Waals surface area (Å²) in [5.41, 5.74) is 10.3. The maximum absolute atomic E-state index is 5.63. The first kappa shape index (κ1) is 14.3. The van der Waals surface area contributed by atoms with Crippen LogP contribution in [-0.2, 0) is 6.54 Å². The van der Waals surface area contributed by atoms with Crippen molar-refractivity contribution in [2.75, 3.05) is 0 Å². The fourth-order valence-corrected chi connectivity index (χ4v) is 3.19.